The Balaban J connectivity index is 2.50. The van der Waals surface area contributed by atoms with Gasteiger partial charge in [-0.1, -0.05) is 6.92 Å². The minimum absolute atomic E-state index is 0.723. The summed E-state index contributed by atoms with van der Waals surface area (Å²) < 4.78 is 26.5. The zero-order chi connectivity index (χ0) is 14.3. The van der Waals surface area contributed by atoms with Crippen LogP contribution in [0.4, 0.5) is 0 Å². The second-order valence-corrected chi connectivity index (χ2v) is 6.70. The van der Waals surface area contributed by atoms with Gasteiger partial charge < -0.3 is 5.32 Å². The minimum Gasteiger partial charge on any atom is -0.317 e. The fourth-order valence-electron chi connectivity index (χ4n) is 1.73. The number of nitrogens with one attached hydrogen (secondary N) is 1. The molecule has 0 radical (unpaired) electrons. The lowest BCUT2D eigenvalue weighted by Gasteiger charge is -2.14. The highest BCUT2D eigenvalue weighted by Gasteiger charge is 2.18. The SMILES string of the molecule is CCCNCCCCc1cncn1S(=O)(=O)N(C)C. The van der Waals surface area contributed by atoms with E-state index >= 15 is 0 Å². The van der Waals surface area contributed by atoms with Crippen LogP contribution in [-0.2, 0) is 16.6 Å². The smallest absolute Gasteiger partial charge is 0.308 e. The van der Waals surface area contributed by atoms with E-state index in [9.17, 15) is 8.42 Å². The molecule has 0 aliphatic carbocycles. The summed E-state index contributed by atoms with van der Waals surface area (Å²) in [5.74, 6) is 0. The summed E-state index contributed by atoms with van der Waals surface area (Å²) in [7, 11) is -0.400. The Morgan fingerprint density at radius 3 is 2.68 bits per heavy atom. The molecule has 0 saturated carbocycles. The van der Waals surface area contributed by atoms with E-state index in [1.165, 1.54) is 28.7 Å². The van der Waals surface area contributed by atoms with Crippen molar-refractivity contribution in [1.29, 1.82) is 0 Å². The van der Waals surface area contributed by atoms with Crippen LogP contribution >= 0.6 is 0 Å². The molecule has 19 heavy (non-hydrogen) atoms. The van der Waals surface area contributed by atoms with Crippen molar-refractivity contribution < 1.29 is 8.42 Å². The number of aromatic nitrogens is 2. The number of rotatable bonds is 9. The predicted octanol–water partition coefficient (Wildman–Crippen LogP) is 0.860. The Hall–Kier alpha value is -0.920. The maximum Gasteiger partial charge on any atom is 0.308 e. The Kier molecular flexibility index (Phi) is 6.47. The first kappa shape index (κ1) is 16.1. The average Bonchev–Trinajstić information content (AvgIpc) is 2.82. The molecule has 0 unspecified atom stereocenters. The quantitative estimate of drug-likeness (QED) is 0.684. The van der Waals surface area contributed by atoms with Crippen LogP contribution in [0.1, 0.15) is 31.9 Å². The molecular formula is C12H24N4O2S. The maximum atomic E-state index is 12.0. The van der Waals surface area contributed by atoms with Crippen molar-refractivity contribution in [2.45, 2.75) is 32.6 Å². The van der Waals surface area contributed by atoms with Crippen LogP contribution in [0.25, 0.3) is 0 Å². The monoisotopic (exact) mass is 288 g/mol. The highest BCUT2D eigenvalue weighted by Crippen LogP contribution is 2.09. The molecule has 0 aromatic carbocycles. The molecule has 0 amide bonds. The molecule has 0 fully saturated rings. The summed E-state index contributed by atoms with van der Waals surface area (Å²) in [6.07, 6.45) is 6.83. The Bertz CT molecular complexity index is 468. The van der Waals surface area contributed by atoms with Crippen molar-refractivity contribution in [2.75, 3.05) is 27.2 Å². The second-order valence-electron chi connectivity index (χ2n) is 4.68. The first-order valence-corrected chi connectivity index (χ1v) is 8.04. The third kappa shape index (κ3) is 4.59. The number of nitrogens with zero attached hydrogens (tertiary/aromatic N) is 3. The van der Waals surface area contributed by atoms with E-state index in [0.29, 0.717) is 0 Å². The van der Waals surface area contributed by atoms with Crippen molar-refractivity contribution in [1.82, 2.24) is 18.6 Å². The second kappa shape index (κ2) is 7.62. The van der Waals surface area contributed by atoms with Crippen LogP contribution in [-0.4, -0.2) is 48.9 Å². The highest BCUT2D eigenvalue weighted by atomic mass is 32.2. The number of unbranched alkanes of at least 4 members (excludes halogenated alkanes) is 1. The molecule has 0 spiro atoms. The largest absolute Gasteiger partial charge is 0.317 e. The van der Waals surface area contributed by atoms with Gasteiger partial charge in [-0.15, -0.1) is 0 Å². The summed E-state index contributed by atoms with van der Waals surface area (Å²) in [6, 6.07) is 0. The van der Waals surface area contributed by atoms with Crippen molar-refractivity contribution in [3.05, 3.63) is 18.2 Å². The summed E-state index contributed by atoms with van der Waals surface area (Å²) in [4.78, 5) is 3.94. The molecule has 0 aliphatic rings. The first-order chi connectivity index (χ1) is 9.00. The van der Waals surface area contributed by atoms with Crippen LogP contribution < -0.4 is 5.32 Å². The van der Waals surface area contributed by atoms with E-state index < -0.39 is 10.2 Å². The molecule has 0 aliphatic heterocycles. The summed E-state index contributed by atoms with van der Waals surface area (Å²) in [6.45, 7) is 4.15. The van der Waals surface area contributed by atoms with Crippen LogP contribution in [0.3, 0.4) is 0 Å². The third-order valence-electron chi connectivity index (χ3n) is 2.85. The topological polar surface area (TPSA) is 67.2 Å². The molecule has 0 atom stereocenters. The molecule has 1 heterocycles. The highest BCUT2D eigenvalue weighted by molar-refractivity contribution is 7.87. The van der Waals surface area contributed by atoms with Crippen LogP contribution in [0.15, 0.2) is 12.5 Å². The van der Waals surface area contributed by atoms with Gasteiger partial charge >= 0.3 is 10.2 Å². The van der Waals surface area contributed by atoms with Gasteiger partial charge in [-0.3, -0.25) is 0 Å². The van der Waals surface area contributed by atoms with Gasteiger partial charge in [-0.25, -0.2) is 8.96 Å². The summed E-state index contributed by atoms with van der Waals surface area (Å²) >= 11 is 0. The Morgan fingerprint density at radius 2 is 2.05 bits per heavy atom. The van der Waals surface area contributed by atoms with E-state index in [1.54, 1.807) is 6.20 Å². The van der Waals surface area contributed by atoms with Crippen molar-refractivity contribution >= 4 is 10.2 Å². The van der Waals surface area contributed by atoms with Crippen LogP contribution in [0.5, 0.6) is 0 Å². The van der Waals surface area contributed by atoms with E-state index in [1.807, 2.05) is 0 Å². The zero-order valence-corrected chi connectivity index (χ0v) is 12.8. The molecule has 1 aromatic heterocycles. The van der Waals surface area contributed by atoms with E-state index in [-0.39, 0.29) is 0 Å². The van der Waals surface area contributed by atoms with Crippen LogP contribution in [0, 0.1) is 0 Å². The molecule has 1 N–H and O–H groups in total. The number of hydrogen-bond donors (Lipinski definition) is 1. The lowest BCUT2D eigenvalue weighted by atomic mass is 10.2. The summed E-state index contributed by atoms with van der Waals surface area (Å²) in [5.41, 5.74) is 0.740. The molecule has 6 nitrogen and oxygen atoms in total. The fourth-order valence-corrected chi connectivity index (χ4v) is 2.69. The standard InChI is InChI=1S/C12H24N4O2S/c1-4-8-13-9-6-5-7-12-10-14-11-16(12)19(17,18)15(2)3/h10-11,13H,4-9H2,1-3H3. The molecule has 110 valence electrons. The van der Waals surface area contributed by atoms with Crippen molar-refractivity contribution in [2.24, 2.45) is 0 Å². The lowest BCUT2D eigenvalue weighted by molar-refractivity contribution is 0.507. The Morgan fingerprint density at radius 1 is 1.32 bits per heavy atom. The zero-order valence-electron chi connectivity index (χ0n) is 12.0. The Labute approximate surface area is 116 Å². The minimum atomic E-state index is -3.44. The predicted molar refractivity (Wildman–Crippen MR) is 76.3 cm³/mol. The van der Waals surface area contributed by atoms with Gasteiger partial charge in [0.2, 0.25) is 0 Å². The van der Waals surface area contributed by atoms with E-state index in [0.717, 1.165) is 44.5 Å². The third-order valence-corrected chi connectivity index (χ3v) is 4.60. The van der Waals surface area contributed by atoms with Gasteiger partial charge in [0.1, 0.15) is 6.33 Å². The van der Waals surface area contributed by atoms with Crippen molar-refractivity contribution in [3.63, 3.8) is 0 Å². The maximum absolute atomic E-state index is 12.0. The molecule has 0 bridgehead atoms. The normalized spacial score (nSPS) is 12.2. The molecule has 1 aromatic rings. The van der Waals surface area contributed by atoms with Gasteiger partial charge in [0.25, 0.3) is 0 Å². The number of aryl methyl sites for hydroxylation is 1. The van der Waals surface area contributed by atoms with E-state index in [4.69, 9.17) is 0 Å². The number of hydrogen-bond acceptors (Lipinski definition) is 4. The first-order valence-electron chi connectivity index (χ1n) is 6.65. The molecule has 1 rings (SSSR count). The molecule has 7 heteroatoms. The van der Waals surface area contributed by atoms with Gasteiger partial charge in [0.05, 0.1) is 5.69 Å². The lowest BCUT2D eigenvalue weighted by Crippen LogP contribution is -2.29. The molecular weight excluding hydrogens is 264 g/mol. The van der Waals surface area contributed by atoms with Gasteiger partial charge in [0, 0.05) is 20.3 Å². The van der Waals surface area contributed by atoms with Crippen LogP contribution in [0.2, 0.25) is 0 Å². The number of imidazole rings is 1. The van der Waals surface area contributed by atoms with Crippen molar-refractivity contribution in [3.8, 4) is 0 Å². The summed E-state index contributed by atoms with van der Waals surface area (Å²) in [5, 5.41) is 3.33. The van der Waals surface area contributed by atoms with Gasteiger partial charge in [-0.2, -0.15) is 12.7 Å². The van der Waals surface area contributed by atoms with Gasteiger partial charge in [0.15, 0.2) is 0 Å². The average molecular weight is 288 g/mol. The van der Waals surface area contributed by atoms with E-state index in [2.05, 4.69) is 17.2 Å². The molecule has 0 saturated heterocycles. The fraction of sp³-hybridized carbons (Fsp3) is 0.750. The van der Waals surface area contributed by atoms with Gasteiger partial charge in [-0.05, 0) is 38.8 Å².